The summed E-state index contributed by atoms with van der Waals surface area (Å²) in [6.45, 7) is 0.854. The second-order valence-electron chi connectivity index (χ2n) is 5.41. The Kier molecular flexibility index (Phi) is 4.04. The average Bonchev–Trinajstić information content (AvgIpc) is 2.90. The van der Waals surface area contributed by atoms with Gasteiger partial charge >= 0.3 is 0 Å². The van der Waals surface area contributed by atoms with Crippen LogP contribution in [0.2, 0.25) is 0 Å². The minimum absolute atomic E-state index is 0.436. The molecule has 2 aromatic carbocycles. The van der Waals surface area contributed by atoms with Crippen LogP contribution in [0.5, 0.6) is 0 Å². The fraction of sp³-hybridized carbons (Fsp3) is 0.222. The molecule has 0 saturated heterocycles. The lowest BCUT2D eigenvalue weighted by Gasteiger charge is -2.20. The summed E-state index contributed by atoms with van der Waals surface area (Å²) in [5, 5.41) is 0.450. The number of aliphatic imine (C=N–C) groups is 2. The molecule has 0 aliphatic carbocycles. The quantitative estimate of drug-likeness (QED) is 0.759. The van der Waals surface area contributed by atoms with Gasteiger partial charge in [-0.2, -0.15) is 0 Å². The summed E-state index contributed by atoms with van der Waals surface area (Å²) in [5.41, 5.74) is 2.33. The lowest BCUT2D eigenvalue weighted by Crippen LogP contribution is -2.23. The van der Waals surface area contributed by atoms with Crippen LogP contribution in [0, 0.1) is 5.92 Å². The maximum Gasteiger partial charge on any atom is 0.0761 e. The van der Waals surface area contributed by atoms with E-state index in [-0.39, 0.29) is 0 Å². The number of benzene rings is 2. The topological polar surface area (TPSA) is 24.7 Å². The first-order valence-electron chi connectivity index (χ1n) is 7.42. The number of hydrogen-bond donors (Lipinski definition) is 0. The molecule has 0 fully saturated rings. The van der Waals surface area contributed by atoms with Crippen LogP contribution in [0.3, 0.4) is 0 Å². The van der Waals surface area contributed by atoms with E-state index in [1.54, 1.807) is 0 Å². The van der Waals surface area contributed by atoms with Crippen molar-refractivity contribution >= 4 is 41.6 Å². The Balaban J connectivity index is 1.58. The van der Waals surface area contributed by atoms with Gasteiger partial charge in [0.15, 0.2) is 0 Å². The van der Waals surface area contributed by atoms with Crippen molar-refractivity contribution in [3.8, 4) is 0 Å². The van der Waals surface area contributed by atoms with E-state index < -0.39 is 0 Å². The number of fused-ring (bicyclic) bond motifs is 2. The SMILES string of the molecule is C1=NCC(C2C=Nc3ccccc3SC2)Sc2ccccc21. The molecule has 2 unspecified atom stereocenters. The largest absolute Gasteiger partial charge is 0.291 e. The molecule has 2 nitrogen and oxygen atoms in total. The summed E-state index contributed by atoms with van der Waals surface area (Å²) < 4.78 is 0. The van der Waals surface area contributed by atoms with Crippen molar-refractivity contribution in [1.29, 1.82) is 0 Å². The third kappa shape index (κ3) is 2.85. The van der Waals surface area contributed by atoms with Gasteiger partial charge in [0.1, 0.15) is 0 Å². The van der Waals surface area contributed by atoms with Gasteiger partial charge in [-0.25, -0.2) is 0 Å². The molecular formula is C18H16N2S2. The highest BCUT2D eigenvalue weighted by Crippen LogP contribution is 2.38. The Morgan fingerprint density at radius 1 is 0.955 bits per heavy atom. The lowest BCUT2D eigenvalue weighted by atomic mass is 10.1. The minimum Gasteiger partial charge on any atom is -0.291 e. The molecule has 2 atom stereocenters. The number of para-hydroxylation sites is 1. The molecule has 0 saturated carbocycles. The molecular weight excluding hydrogens is 308 g/mol. The molecule has 0 aromatic heterocycles. The highest BCUT2D eigenvalue weighted by molar-refractivity contribution is 8.00. The summed E-state index contributed by atoms with van der Waals surface area (Å²) in [6.07, 6.45) is 4.15. The molecule has 0 spiro atoms. The van der Waals surface area contributed by atoms with Gasteiger partial charge in [0.05, 0.1) is 12.2 Å². The highest BCUT2D eigenvalue weighted by Gasteiger charge is 2.25. The summed E-state index contributed by atoms with van der Waals surface area (Å²) in [5.74, 6) is 1.50. The van der Waals surface area contributed by atoms with Crippen LogP contribution in [0.15, 0.2) is 68.3 Å². The first kappa shape index (κ1) is 14.1. The molecule has 0 N–H and O–H groups in total. The van der Waals surface area contributed by atoms with Gasteiger partial charge in [-0.3, -0.25) is 9.98 Å². The first-order valence-corrected chi connectivity index (χ1v) is 9.28. The van der Waals surface area contributed by atoms with Crippen molar-refractivity contribution in [2.75, 3.05) is 12.3 Å². The Bertz CT molecular complexity index is 739. The third-order valence-electron chi connectivity index (χ3n) is 3.89. The van der Waals surface area contributed by atoms with E-state index in [0.717, 1.165) is 18.0 Å². The van der Waals surface area contributed by atoms with Crippen molar-refractivity contribution < 1.29 is 0 Å². The molecule has 0 bridgehead atoms. The molecule has 2 aromatic rings. The fourth-order valence-electron chi connectivity index (χ4n) is 2.67. The molecule has 4 heteroatoms. The predicted molar refractivity (Wildman–Crippen MR) is 97.4 cm³/mol. The number of thioether (sulfide) groups is 2. The monoisotopic (exact) mass is 324 g/mol. The smallest absolute Gasteiger partial charge is 0.0761 e. The Labute approximate surface area is 139 Å². The minimum atomic E-state index is 0.436. The number of rotatable bonds is 1. The molecule has 4 rings (SSSR count). The number of nitrogens with zero attached hydrogens (tertiary/aromatic N) is 2. The van der Waals surface area contributed by atoms with Crippen LogP contribution in [-0.4, -0.2) is 30.0 Å². The maximum absolute atomic E-state index is 4.72. The fourth-order valence-corrected chi connectivity index (χ4v) is 5.16. The number of hydrogen-bond acceptors (Lipinski definition) is 4. The van der Waals surface area contributed by atoms with Gasteiger partial charge < -0.3 is 0 Å². The van der Waals surface area contributed by atoms with Crippen LogP contribution in [-0.2, 0) is 0 Å². The molecule has 22 heavy (non-hydrogen) atoms. The van der Waals surface area contributed by atoms with Crippen molar-refractivity contribution in [2.24, 2.45) is 15.9 Å². The van der Waals surface area contributed by atoms with Crippen LogP contribution >= 0.6 is 23.5 Å². The highest BCUT2D eigenvalue weighted by atomic mass is 32.2. The van der Waals surface area contributed by atoms with Crippen LogP contribution in [0.1, 0.15) is 5.56 Å². The summed E-state index contributed by atoms with van der Waals surface area (Å²) in [7, 11) is 0. The van der Waals surface area contributed by atoms with Crippen LogP contribution in [0.25, 0.3) is 0 Å². The van der Waals surface area contributed by atoms with E-state index in [9.17, 15) is 0 Å². The molecule has 2 aliphatic heterocycles. The van der Waals surface area contributed by atoms with Gasteiger partial charge in [0, 0.05) is 44.7 Å². The zero-order chi connectivity index (χ0) is 14.8. The Hall–Kier alpha value is -1.52. The van der Waals surface area contributed by atoms with Gasteiger partial charge in [-0.05, 0) is 18.2 Å². The van der Waals surface area contributed by atoms with Gasteiger partial charge in [0.25, 0.3) is 0 Å². The Morgan fingerprint density at radius 2 is 1.77 bits per heavy atom. The standard InChI is InChI=1S/C18H16N2S2/c1-3-7-16-13(5-1)9-19-11-18(22-16)14-10-20-15-6-2-4-8-17(15)21-12-14/h1-10,14,18H,11-12H2. The Morgan fingerprint density at radius 3 is 2.73 bits per heavy atom. The van der Waals surface area contributed by atoms with E-state index in [0.29, 0.717) is 11.2 Å². The summed E-state index contributed by atoms with van der Waals surface area (Å²) in [4.78, 5) is 12.0. The normalized spacial score (nSPS) is 23.3. The molecule has 0 radical (unpaired) electrons. The maximum atomic E-state index is 4.72. The summed E-state index contributed by atoms with van der Waals surface area (Å²) in [6, 6.07) is 16.9. The molecule has 2 heterocycles. The zero-order valence-corrected chi connectivity index (χ0v) is 13.7. The van der Waals surface area contributed by atoms with E-state index in [4.69, 9.17) is 4.99 Å². The van der Waals surface area contributed by atoms with Crippen LogP contribution < -0.4 is 0 Å². The van der Waals surface area contributed by atoms with E-state index in [1.807, 2.05) is 29.7 Å². The zero-order valence-electron chi connectivity index (χ0n) is 12.1. The average molecular weight is 324 g/mol. The molecule has 110 valence electrons. The van der Waals surface area contributed by atoms with E-state index in [2.05, 4.69) is 59.7 Å². The molecule has 2 aliphatic rings. The predicted octanol–water partition coefficient (Wildman–Crippen LogP) is 4.70. The van der Waals surface area contributed by atoms with E-state index in [1.165, 1.54) is 15.4 Å². The van der Waals surface area contributed by atoms with Crippen LogP contribution in [0.4, 0.5) is 5.69 Å². The van der Waals surface area contributed by atoms with Gasteiger partial charge in [-0.1, -0.05) is 30.3 Å². The van der Waals surface area contributed by atoms with Crippen molar-refractivity contribution in [3.05, 3.63) is 54.1 Å². The lowest BCUT2D eigenvalue weighted by molar-refractivity contribution is 0.739. The summed E-state index contributed by atoms with van der Waals surface area (Å²) >= 11 is 3.85. The molecule has 0 amide bonds. The second kappa shape index (κ2) is 6.31. The van der Waals surface area contributed by atoms with E-state index >= 15 is 0 Å². The van der Waals surface area contributed by atoms with Crippen molar-refractivity contribution in [3.63, 3.8) is 0 Å². The third-order valence-corrected chi connectivity index (χ3v) is 6.53. The van der Waals surface area contributed by atoms with Gasteiger partial charge in [-0.15, -0.1) is 23.5 Å². The van der Waals surface area contributed by atoms with Gasteiger partial charge in [0.2, 0.25) is 0 Å². The second-order valence-corrected chi connectivity index (χ2v) is 7.75. The van der Waals surface area contributed by atoms with Crippen molar-refractivity contribution in [2.45, 2.75) is 15.0 Å². The van der Waals surface area contributed by atoms with Crippen molar-refractivity contribution in [1.82, 2.24) is 0 Å². The first-order chi connectivity index (χ1) is 10.9.